The Balaban J connectivity index is 2.23. The number of nitrogens with zero attached hydrogens (tertiary/aromatic N) is 2. The van der Waals surface area contributed by atoms with Gasteiger partial charge in [0.1, 0.15) is 6.07 Å². The molecule has 0 aliphatic rings. The highest BCUT2D eigenvalue weighted by Crippen LogP contribution is 2.36. The first-order chi connectivity index (χ1) is 10.1. The zero-order valence-electron chi connectivity index (χ0n) is 11.2. The molecule has 2 rings (SSSR count). The number of rotatable bonds is 6. The fourth-order valence-corrected chi connectivity index (χ4v) is 4.40. The van der Waals surface area contributed by atoms with Gasteiger partial charge in [-0.15, -0.1) is 23.1 Å². The lowest BCUT2D eigenvalue weighted by Crippen LogP contribution is -1.99. The van der Waals surface area contributed by atoms with Crippen LogP contribution in [0.25, 0.3) is 0 Å². The van der Waals surface area contributed by atoms with Crippen LogP contribution in [0.1, 0.15) is 18.2 Å². The molecule has 0 aliphatic heterocycles. The van der Waals surface area contributed by atoms with Crippen molar-refractivity contribution in [3.8, 4) is 6.07 Å². The Morgan fingerprint density at radius 3 is 2.90 bits per heavy atom. The van der Waals surface area contributed by atoms with E-state index in [1.54, 1.807) is 17.1 Å². The average molecular weight is 336 g/mol. The summed E-state index contributed by atoms with van der Waals surface area (Å²) in [5.41, 5.74) is 1.21. The van der Waals surface area contributed by atoms with Gasteiger partial charge in [-0.05, 0) is 17.9 Å². The van der Waals surface area contributed by atoms with Crippen LogP contribution in [0.15, 0.2) is 37.7 Å². The third-order valence-corrected chi connectivity index (χ3v) is 5.45. The van der Waals surface area contributed by atoms with Crippen molar-refractivity contribution >= 4 is 40.8 Å². The van der Waals surface area contributed by atoms with Gasteiger partial charge >= 0.3 is 5.97 Å². The fourth-order valence-electron chi connectivity index (χ4n) is 1.65. The van der Waals surface area contributed by atoms with Crippen molar-refractivity contribution in [1.82, 2.24) is 4.98 Å². The maximum absolute atomic E-state index is 10.7. The van der Waals surface area contributed by atoms with Crippen molar-refractivity contribution in [3.63, 3.8) is 0 Å². The minimum atomic E-state index is -0.893. The molecular formula is C14H12N2O2S3. The SMILES string of the molecule is CCSc1cccc(Sc2nc(CC(=O)O)cs2)c1C#N. The molecule has 0 unspecified atom stereocenters. The normalized spacial score (nSPS) is 10.3. The first-order valence-electron chi connectivity index (χ1n) is 6.14. The molecule has 0 saturated heterocycles. The minimum absolute atomic E-state index is 0.0755. The number of hydrogen-bond acceptors (Lipinski definition) is 6. The molecule has 4 nitrogen and oxygen atoms in total. The number of hydrogen-bond donors (Lipinski definition) is 1. The van der Waals surface area contributed by atoms with Crippen LogP contribution in [0.3, 0.4) is 0 Å². The largest absolute Gasteiger partial charge is 0.481 e. The Hall–Kier alpha value is -1.49. The summed E-state index contributed by atoms with van der Waals surface area (Å²) in [6.07, 6.45) is -0.0755. The summed E-state index contributed by atoms with van der Waals surface area (Å²) in [6, 6.07) is 8.00. The van der Waals surface area contributed by atoms with Crippen molar-refractivity contribution in [2.75, 3.05) is 5.75 Å². The Bertz CT molecular complexity index is 692. The maximum Gasteiger partial charge on any atom is 0.309 e. The lowest BCUT2D eigenvalue weighted by Gasteiger charge is -2.06. The summed E-state index contributed by atoms with van der Waals surface area (Å²) < 4.78 is 0.751. The molecule has 0 spiro atoms. The molecule has 21 heavy (non-hydrogen) atoms. The number of aliphatic carboxylic acids is 1. The second-order valence-corrected chi connectivity index (χ2v) is 7.40. The van der Waals surface area contributed by atoms with Crippen LogP contribution in [0, 0.1) is 11.3 Å². The number of carboxylic acids is 1. The van der Waals surface area contributed by atoms with Crippen molar-refractivity contribution in [3.05, 3.63) is 34.8 Å². The fraction of sp³-hybridized carbons (Fsp3) is 0.214. The highest BCUT2D eigenvalue weighted by molar-refractivity contribution is 8.01. The van der Waals surface area contributed by atoms with Gasteiger partial charge in [0.25, 0.3) is 0 Å². The van der Waals surface area contributed by atoms with E-state index in [1.807, 2.05) is 25.1 Å². The molecule has 1 aromatic carbocycles. The van der Waals surface area contributed by atoms with Gasteiger partial charge in [0.15, 0.2) is 4.34 Å². The zero-order chi connectivity index (χ0) is 15.2. The van der Waals surface area contributed by atoms with Crippen molar-refractivity contribution in [2.24, 2.45) is 0 Å². The van der Waals surface area contributed by atoms with Gasteiger partial charge in [-0.2, -0.15) is 5.26 Å². The number of thioether (sulfide) groups is 1. The molecule has 0 amide bonds. The van der Waals surface area contributed by atoms with Gasteiger partial charge < -0.3 is 5.11 Å². The second-order valence-electron chi connectivity index (χ2n) is 3.95. The summed E-state index contributed by atoms with van der Waals surface area (Å²) in [6.45, 7) is 2.05. The van der Waals surface area contributed by atoms with E-state index < -0.39 is 5.97 Å². The van der Waals surface area contributed by atoms with E-state index in [0.29, 0.717) is 11.3 Å². The molecule has 0 bridgehead atoms. The van der Waals surface area contributed by atoms with Gasteiger partial charge in [0.05, 0.1) is 17.7 Å². The first-order valence-corrected chi connectivity index (χ1v) is 8.82. The van der Waals surface area contributed by atoms with Crippen LogP contribution in [-0.2, 0) is 11.2 Å². The predicted molar refractivity (Wildman–Crippen MR) is 85.1 cm³/mol. The van der Waals surface area contributed by atoms with Gasteiger partial charge in [-0.25, -0.2) is 4.98 Å². The van der Waals surface area contributed by atoms with E-state index in [-0.39, 0.29) is 6.42 Å². The molecule has 2 aromatic rings. The topological polar surface area (TPSA) is 74.0 Å². The average Bonchev–Trinajstić information content (AvgIpc) is 2.86. The van der Waals surface area contributed by atoms with E-state index in [1.165, 1.54) is 23.1 Å². The van der Waals surface area contributed by atoms with Gasteiger partial charge in [0.2, 0.25) is 0 Å². The highest BCUT2D eigenvalue weighted by atomic mass is 32.2. The number of benzene rings is 1. The molecule has 7 heteroatoms. The minimum Gasteiger partial charge on any atom is -0.481 e. The summed E-state index contributed by atoms with van der Waals surface area (Å²) in [7, 11) is 0. The molecule has 1 aromatic heterocycles. The van der Waals surface area contributed by atoms with Crippen LogP contribution in [-0.4, -0.2) is 21.8 Å². The lowest BCUT2D eigenvalue weighted by molar-refractivity contribution is -0.136. The van der Waals surface area contributed by atoms with Crippen molar-refractivity contribution in [1.29, 1.82) is 5.26 Å². The van der Waals surface area contributed by atoms with Gasteiger partial charge in [-0.3, -0.25) is 4.79 Å². The zero-order valence-corrected chi connectivity index (χ0v) is 13.6. The van der Waals surface area contributed by atoms with E-state index in [0.717, 1.165) is 19.9 Å². The monoisotopic (exact) mass is 336 g/mol. The third kappa shape index (κ3) is 4.24. The van der Waals surface area contributed by atoms with Crippen LogP contribution in [0.4, 0.5) is 0 Å². The Morgan fingerprint density at radius 1 is 1.48 bits per heavy atom. The number of carboxylic acid groups (broad SMARTS) is 1. The van der Waals surface area contributed by atoms with Crippen LogP contribution in [0.5, 0.6) is 0 Å². The third-order valence-electron chi connectivity index (χ3n) is 2.46. The quantitative estimate of drug-likeness (QED) is 0.806. The summed E-state index contributed by atoms with van der Waals surface area (Å²) in [4.78, 5) is 16.8. The van der Waals surface area contributed by atoms with Gasteiger partial charge in [-0.1, -0.05) is 24.8 Å². The molecule has 0 fully saturated rings. The van der Waals surface area contributed by atoms with Crippen molar-refractivity contribution in [2.45, 2.75) is 27.5 Å². The highest BCUT2D eigenvalue weighted by Gasteiger charge is 2.12. The molecule has 0 saturated carbocycles. The molecule has 0 aliphatic carbocycles. The molecule has 1 N–H and O–H groups in total. The molecular weight excluding hydrogens is 324 g/mol. The number of thiazole rings is 1. The Morgan fingerprint density at radius 2 is 2.24 bits per heavy atom. The first kappa shape index (κ1) is 15.9. The van der Waals surface area contributed by atoms with E-state index in [2.05, 4.69) is 11.1 Å². The van der Waals surface area contributed by atoms with E-state index >= 15 is 0 Å². The van der Waals surface area contributed by atoms with Crippen molar-refractivity contribution < 1.29 is 9.90 Å². The number of carbonyl (C=O) groups is 1. The maximum atomic E-state index is 10.7. The Kier molecular flexibility index (Phi) is 5.67. The molecule has 1 heterocycles. The van der Waals surface area contributed by atoms with Crippen LogP contribution >= 0.6 is 34.9 Å². The van der Waals surface area contributed by atoms with E-state index in [4.69, 9.17) is 5.11 Å². The molecule has 0 radical (unpaired) electrons. The predicted octanol–water partition coefficient (Wildman–Crippen LogP) is 3.91. The van der Waals surface area contributed by atoms with Gasteiger partial charge in [0, 0.05) is 15.2 Å². The number of nitriles is 1. The van der Waals surface area contributed by atoms with Crippen LogP contribution in [0.2, 0.25) is 0 Å². The van der Waals surface area contributed by atoms with E-state index in [9.17, 15) is 10.1 Å². The smallest absolute Gasteiger partial charge is 0.309 e. The summed E-state index contributed by atoms with van der Waals surface area (Å²) in [5.74, 6) is 0.0129. The van der Waals surface area contributed by atoms with Crippen LogP contribution < -0.4 is 0 Å². The molecule has 108 valence electrons. The molecule has 0 atom stereocenters. The standard InChI is InChI=1S/C14H12N2O2S3/c1-2-19-11-4-3-5-12(10(11)7-15)21-14-16-9(8-20-14)6-13(17)18/h3-5,8H,2,6H2,1H3,(H,17,18). The Labute approximate surface area is 135 Å². The summed E-state index contributed by atoms with van der Waals surface area (Å²) >= 11 is 4.44. The lowest BCUT2D eigenvalue weighted by atomic mass is 10.2. The summed E-state index contributed by atoms with van der Waals surface area (Å²) in [5, 5.41) is 19.9. The second kappa shape index (κ2) is 7.50. The number of aromatic nitrogens is 1.